The minimum absolute atomic E-state index is 0.934. The summed E-state index contributed by atoms with van der Waals surface area (Å²) in [4.78, 5) is 0. The molecule has 0 fully saturated rings. The van der Waals surface area contributed by atoms with Crippen LogP contribution in [0.5, 0.6) is 0 Å². The molecule has 0 saturated heterocycles. The Hall–Kier alpha value is -4.88. The standard InChI is InChI=1S/C51H52O/c1-23-24(2)32(10)43-42(30(23)8)31(9)29(7)37(15)46(43)51-47-35(13)27(5)25(3)33(11)44(47)50(45-34(12)26(4)28(6)36(14)48(45)51)39-20-18-22-41-49(39)38-19-16-17-21-40(38)52-41/h16-22H,1-15H3. The van der Waals surface area contributed by atoms with E-state index in [4.69, 9.17) is 4.42 Å². The van der Waals surface area contributed by atoms with Gasteiger partial charge < -0.3 is 4.42 Å². The van der Waals surface area contributed by atoms with E-state index < -0.39 is 0 Å². The molecule has 1 aromatic heterocycles. The summed E-state index contributed by atoms with van der Waals surface area (Å²) in [5.41, 5.74) is 28.1. The average molecular weight is 681 g/mol. The molecule has 0 unspecified atom stereocenters. The van der Waals surface area contributed by atoms with Crippen LogP contribution in [0.1, 0.15) is 83.5 Å². The smallest absolute Gasteiger partial charge is 0.136 e. The van der Waals surface area contributed by atoms with Gasteiger partial charge in [-0.2, -0.15) is 0 Å². The molecule has 0 bridgehead atoms. The topological polar surface area (TPSA) is 13.1 Å². The average Bonchev–Trinajstić information content (AvgIpc) is 3.53. The number of aryl methyl sites for hydroxylation is 7. The lowest BCUT2D eigenvalue weighted by Crippen LogP contribution is -2.06. The molecular weight excluding hydrogens is 629 g/mol. The van der Waals surface area contributed by atoms with Crippen LogP contribution in [-0.2, 0) is 0 Å². The van der Waals surface area contributed by atoms with Crippen LogP contribution in [0.15, 0.2) is 46.9 Å². The first-order valence-electron chi connectivity index (χ1n) is 19.0. The third kappa shape index (κ3) is 4.23. The molecule has 0 radical (unpaired) electrons. The minimum Gasteiger partial charge on any atom is -0.456 e. The second kappa shape index (κ2) is 11.6. The SMILES string of the molecule is Cc1c(C)c(C)c2c(-c3c4c(C)c(C)c(C)c(C)c4c(-c4cccc5oc6ccccc6c45)c4c(C)c(C)c(C)c(C)c34)c(C)c(C)c(C)c2c1C. The van der Waals surface area contributed by atoms with E-state index in [-0.39, 0.29) is 0 Å². The molecule has 52 heavy (non-hydrogen) atoms. The first-order chi connectivity index (χ1) is 24.6. The first kappa shape index (κ1) is 34.2. The maximum atomic E-state index is 6.56. The number of benzene rings is 7. The van der Waals surface area contributed by atoms with Crippen LogP contribution >= 0.6 is 0 Å². The van der Waals surface area contributed by atoms with Gasteiger partial charge in [-0.3, -0.25) is 0 Å². The highest BCUT2D eigenvalue weighted by molar-refractivity contribution is 6.30. The molecule has 0 atom stereocenters. The molecule has 0 aliphatic rings. The molecule has 1 nitrogen and oxygen atoms in total. The van der Waals surface area contributed by atoms with Gasteiger partial charge >= 0.3 is 0 Å². The molecule has 0 spiro atoms. The van der Waals surface area contributed by atoms with Crippen LogP contribution in [0.3, 0.4) is 0 Å². The number of hydrogen-bond acceptors (Lipinski definition) is 1. The van der Waals surface area contributed by atoms with E-state index in [1.807, 2.05) is 0 Å². The van der Waals surface area contributed by atoms with E-state index in [0.29, 0.717) is 0 Å². The van der Waals surface area contributed by atoms with Crippen LogP contribution in [0, 0.1) is 104 Å². The number of fused-ring (bicyclic) bond motifs is 6. The van der Waals surface area contributed by atoms with Gasteiger partial charge in [0.1, 0.15) is 11.2 Å². The molecular formula is C51H52O. The van der Waals surface area contributed by atoms with Gasteiger partial charge in [-0.15, -0.1) is 0 Å². The van der Waals surface area contributed by atoms with Gasteiger partial charge in [-0.25, -0.2) is 0 Å². The minimum atomic E-state index is 0.934. The summed E-state index contributed by atoms with van der Waals surface area (Å²) >= 11 is 0. The van der Waals surface area contributed by atoms with E-state index in [2.05, 4.69) is 146 Å². The molecule has 8 rings (SSSR count). The van der Waals surface area contributed by atoms with Gasteiger partial charge in [-0.1, -0.05) is 30.3 Å². The number of furan rings is 1. The van der Waals surface area contributed by atoms with Crippen molar-refractivity contribution in [2.24, 2.45) is 0 Å². The molecule has 0 amide bonds. The van der Waals surface area contributed by atoms with E-state index in [1.54, 1.807) is 0 Å². The van der Waals surface area contributed by atoms with Crippen LogP contribution in [-0.4, -0.2) is 0 Å². The van der Waals surface area contributed by atoms with Crippen molar-refractivity contribution in [2.45, 2.75) is 104 Å². The number of rotatable bonds is 2. The van der Waals surface area contributed by atoms with Crippen molar-refractivity contribution in [1.29, 1.82) is 0 Å². The first-order valence-corrected chi connectivity index (χ1v) is 19.0. The summed E-state index contributed by atoms with van der Waals surface area (Å²) in [5.74, 6) is 0. The molecule has 8 aromatic rings. The fourth-order valence-corrected chi connectivity index (χ4v) is 9.88. The fourth-order valence-electron chi connectivity index (χ4n) is 9.88. The lowest BCUT2D eigenvalue weighted by Gasteiger charge is -2.30. The summed E-state index contributed by atoms with van der Waals surface area (Å²) in [6.45, 7) is 35.3. The summed E-state index contributed by atoms with van der Waals surface area (Å²) < 4.78 is 6.56. The Morgan fingerprint density at radius 2 is 0.635 bits per heavy atom. The highest BCUT2D eigenvalue weighted by Gasteiger charge is 2.30. The Morgan fingerprint density at radius 3 is 1.12 bits per heavy atom. The predicted molar refractivity (Wildman–Crippen MR) is 228 cm³/mol. The van der Waals surface area contributed by atoms with Gasteiger partial charge in [0, 0.05) is 10.8 Å². The van der Waals surface area contributed by atoms with Crippen molar-refractivity contribution in [3.05, 3.63) is 126 Å². The van der Waals surface area contributed by atoms with Crippen LogP contribution < -0.4 is 0 Å². The molecule has 1 heteroatoms. The Bertz CT molecular complexity index is 2830. The van der Waals surface area contributed by atoms with Gasteiger partial charge in [0.25, 0.3) is 0 Å². The van der Waals surface area contributed by atoms with E-state index in [1.165, 1.54) is 149 Å². The van der Waals surface area contributed by atoms with Crippen molar-refractivity contribution in [3.63, 3.8) is 0 Å². The Labute approximate surface area is 309 Å². The van der Waals surface area contributed by atoms with Crippen molar-refractivity contribution >= 4 is 54.3 Å². The third-order valence-corrected chi connectivity index (χ3v) is 14.1. The van der Waals surface area contributed by atoms with E-state index in [9.17, 15) is 0 Å². The van der Waals surface area contributed by atoms with E-state index in [0.717, 1.165) is 11.2 Å². The molecule has 7 aromatic carbocycles. The maximum Gasteiger partial charge on any atom is 0.136 e. The number of para-hydroxylation sites is 1. The summed E-state index contributed by atoms with van der Waals surface area (Å²) in [5, 5.41) is 10.7. The van der Waals surface area contributed by atoms with Crippen molar-refractivity contribution in [2.75, 3.05) is 0 Å². The second-order valence-electron chi connectivity index (χ2n) is 16.0. The molecule has 262 valence electrons. The highest BCUT2D eigenvalue weighted by Crippen LogP contribution is 2.55. The van der Waals surface area contributed by atoms with E-state index >= 15 is 0 Å². The highest BCUT2D eigenvalue weighted by atomic mass is 16.3. The molecule has 0 aliphatic carbocycles. The lowest BCUT2D eigenvalue weighted by molar-refractivity contribution is 0.669. The van der Waals surface area contributed by atoms with Crippen LogP contribution in [0.4, 0.5) is 0 Å². The Balaban J connectivity index is 1.80. The zero-order chi connectivity index (χ0) is 37.4. The Morgan fingerprint density at radius 1 is 0.269 bits per heavy atom. The maximum absolute atomic E-state index is 6.56. The lowest BCUT2D eigenvalue weighted by atomic mass is 9.73. The largest absolute Gasteiger partial charge is 0.456 e. The molecule has 0 N–H and O–H groups in total. The van der Waals surface area contributed by atoms with Crippen LogP contribution in [0.2, 0.25) is 0 Å². The van der Waals surface area contributed by atoms with Gasteiger partial charge in [0.2, 0.25) is 0 Å². The molecule has 0 aliphatic heterocycles. The van der Waals surface area contributed by atoms with Crippen molar-refractivity contribution in [3.8, 4) is 22.3 Å². The van der Waals surface area contributed by atoms with Gasteiger partial charge in [0.15, 0.2) is 0 Å². The number of hydrogen-bond donors (Lipinski definition) is 0. The van der Waals surface area contributed by atoms with Gasteiger partial charge in [0.05, 0.1) is 0 Å². The van der Waals surface area contributed by atoms with Crippen LogP contribution in [0.25, 0.3) is 76.5 Å². The van der Waals surface area contributed by atoms with Crippen molar-refractivity contribution < 1.29 is 4.42 Å². The summed E-state index contributed by atoms with van der Waals surface area (Å²) in [6, 6.07) is 15.2. The fraction of sp³-hybridized carbons (Fsp3) is 0.294. The second-order valence-corrected chi connectivity index (χ2v) is 16.0. The summed E-state index contributed by atoms with van der Waals surface area (Å²) in [7, 11) is 0. The monoisotopic (exact) mass is 680 g/mol. The molecule has 1 heterocycles. The normalized spacial score (nSPS) is 12.1. The Kier molecular flexibility index (Phi) is 7.61. The predicted octanol–water partition coefficient (Wildman–Crippen LogP) is 15.0. The summed E-state index contributed by atoms with van der Waals surface area (Å²) in [6.07, 6.45) is 0. The van der Waals surface area contributed by atoms with Crippen molar-refractivity contribution in [1.82, 2.24) is 0 Å². The quantitative estimate of drug-likeness (QED) is 0.166. The third-order valence-electron chi connectivity index (χ3n) is 14.1. The zero-order valence-corrected chi connectivity index (χ0v) is 33.9. The zero-order valence-electron chi connectivity index (χ0n) is 33.9. The molecule has 0 saturated carbocycles. The van der Waals surface area contributed by atoms with Gasteiger partial charge in [-0.05, 0) is 254 Å².